The highest BCUT2D eigenvalue weighted by molar-refractivity contribution is 7.92. The Morgan fingerprint density at radius 1 is 1.14 bits per heavy atom. The Bertz CT molecular complexity index is 897. The molecule has 0 aliphatic rings. The molecule has 1 amide bonds. The average molecular weight is 407 g/mol. The lowest BCUT2D eigenvalue weighted by molar-refractivity contribution is -0.128. The minimum absolute atomic E-state index is 0.231. The van der Waals surface area contributed by atoms with Gasteiger partial charge in [0.2, 0.25) is 10.0 Å². The third-order valence-corrected chi connectivity index (χ3v) is 5.49. The molecule has 0 aromatic heterocycles. The van der Waals surface area contributed by atoms with E-state index >= 15 is 0 Å². The standard InChI is InChI=1S/C20H26N2O5S/c1-5-18(20(23)21-14-15-8-6-7-9-19(15)26-3)27-17-12-10-16(11-13-17)22(2)28(4,24)25/h6-13,18H,5,14H2,1-4H3,(H,21,23)/t18-/m0/s1. The molecule has 0 saturated heterocycles. The monoisotopic (exact) mass is 406 g/mol. The van der Waals surface area contributed by atoms with Gasteiger partial charge in [0.1, 0.15) is 11.5 Å². The molecule has 0 heterocycles. The summed E-state index contributed by atoms with van der Waals surface area (Å²) in [7, 11) is -0.267. The maximum atomic E-state index is 12.5. The first-order valence-corrected chi connectivity index (χ1v) is 10.7. The second kappa shape index (κ2) is 9.45. The molecule has 2 rings (SSSR count). The van der Waals surface area contributed by atoms with Gasteiger partial charge in [0.05, 0.1) is 19.1 Å². The smallest absolute Gasteiger partial charge is 0.261 e. The van der Waals surface area contributed by atoms with E-state index in [0.717, 1.165) is 11.8 Å². The van der Waals surface area contributed by atoms with Crippen LogP contribution in [0.2, 0.25) is 0 Å². The highest BCUT2D eigenvalue weighted by Crippen LogP contribution is 2.22. The van der Waals surface area contributed by atoms with E-state index in [4.69, 9.17) is 9.47 Å². The minimum atomic E-state index is -3.33. The van der Waals surface area contributed by atoms with E-state index in [9.17, 15) is 13.2 Å². The van der Waals surface area contributed by atoms with Gasteiger partial charge in [0.15, 0.2) is 6.10 Å². The van der Waals surface area contributed by atoms with Gasteiger partial charge in [-0.3, -0.25) is 9.10 Å². The van der Waals surface area contributed by atoms with E-state index in [1.54, 1.807) is 31.4 Å². The van der Waals surface area contributed by atoms with Crippen LogP contribution in [0.25, 0.3) is 0 Å². The van der Waals surface area contributed by atoms with Crippen molar-refractivity contribution in [1.29, 1.82) is 0 Å². The van der Waals surface area contributed by atoms with Crippen LogP contribution < -0.4 is 19.1 Å². The molecule has 152 valence electrons. The molecule has 0 aliphatic carbocycles. The van der Waals surface area contributed by atoms with E-state index in [2.05, 4.69) is 5.32 Å². The van der Waals surface area contributed by atoms with Crippen molar-refractivity contribution >= 4 is 21.6 Å². The number of amides is 1. The molecule has 0 saturated carbocycles. The zero-order chi connectivity index (χ0) is 20.7. The van der Waals surface area contributed by atoms with E-state index in [1.165, 1.54) is 11.4 Å². The van der Waals surface area contributed by atoms with Crippen molar-refractivity contribution in [3.8, 4) is 11.5 Å². The topological polar surface area (TPSA) is 84.9 Å². The largest absolute Gasteiger partial charge is 0.496 e. The van der Waals surface area contributed by atoms with Gasteiger partial charge >= 0.3 is 0 Å². The number of sulfonamides is 1. The molecule has 0 fully saturated rings. The Balaban J connectivity index is 2.00. The summed E-state index contributed by atoms with van der Waals surface area (Å²) in [6.45, 7) is 2.19. The molecule has 7 nitrogen and oxygen atoms in total. The van der Waals surface area contributed by atoms with E-state index in [1.807, 2.05) is 31.2 Å². The van der Waals surface area contributed by atoms with Crippen LogP contribution in [0, 0.1) is 0 Å². The molecule has 2 aromatic carbocycles. The van der Waals surface area contributed by atoms with Crippen molar-refractivity contribution in [2.24, 2.45) is 0 Å². The Hall–Kier alpha value is -2.74. The summed E-state index contributed by atoms with van der Waals surface area (Å²) < 4.78 is 35.4. The first kappa shape index (κ1) is 21.6. The Kier molecular flexibility index (Phi) is 7.28. The van der Waals surface area contributed by atoms with Gasteiger partial charge in [-0.1, -0.05) is 25.1 Å². The molecular formula is C20H26N2O5S. The van der Waals surface area contributed by atoms with Crippen LogP contribution in [0.5, 0.6) is 11.5 Å². The van der Waals surface area contributed by atoms with Crippen molar-refractivity contribution in [3.05, 3.63) is 54.1 Å². The van der Waals surface area contributed by atoms with Crippen LogP contribution in [0.1, 0.15) is 18.9 Å². The number of rotatable bonds is 9. The molecular weight excluding hydrogens is 380 g/mol. The Morgan fingerprint density at radius 2 is 1.79 bits per heavy atom. The van der Waals surface area contributed by atoms with Gasteiger partial charge in [-0.2, -0.15) is 0 Å². The predicted molar refractivity (Wildman–Crippen MR) is 109 cm³/mol. The van der Waals surface area contributed by atoms with E-state index in [-0.39, 0.29) is 5.91 Å². The normalized spacial score (nSPS) is 12.1. The predicted octanol–water partition coefficient (Wildman–Crippen LogP) is 2.56. The van der Waals surface area contributed by atoms with Crippen molar-refractivity contribution in [1.82, 2.24) is 5.32 Å². The Morgan fingerprint density at radius 3 is 2.36 bits per heavy atom. The molecule has 0 aliphatic heterocycles. The summed E-state index contributed by atoms with van der Waals surface area (Å²) in [5, 5.41) is 2.86. The van der Waals surface area contributed by atoms with Crippen LogP contribution in [0.3, 0.4) is 0 Å². The van der Waals surface area contributed by atoms with Crippen LogP contribution in [-0.4, -0.2) is 40.8 Å². The van der Waals surface area contributed by atoms with Gasteiger partial charge < -0.3 is 14.8 Å². The molecule has 0 spiro atoms. The number of methoxy groups -OCH3 is 1. The average Bonchev–Trinajstić information content (AvgIpc) is 2.69. The lowest BCUT2D eigenvalue weighted by Gasteiger charge is -2.19. The van der Waals surface area contributed by atoms with Gasteiger partial charge in [-0.25, -0.2) is 8.42 Å². The number of para-hydroxylation sites is 1. The number of nitrogens with one attached hydrogen (secondary N) is 1. The summed E-state index contributed by atoms with van der Waals surface area (Å²) in [5.41, 5.74) is 1.39. The number of carbonyl (C=O) groups excluding carboxylic acids is 1. The fourth-order valence-electron chi connectivity index (χ4n) is 2.56. The number of hydrogen-bond donors (Lipinski definition) is 1. The molecule has 28 heavy (non-hydrogen) atoms. The number of hydrogen-bond acceptors (Lipinski definition) is 5. The van der Waals surface area contributed by atoms with Crippen molar-refractivity contribution in [2.45, 2.75) is 26.0 Å². The second-order valence-corrected chi connectivity index (χ2v) is 8.28. The van der Waals surface area contributed by atoms with Gasteiger partial charge in [0, 0.05) is 19.2 Å². The number of nitrogens with zero attached hydrogens (tertiary/aromatic N) is 1. The van der Waals surface area contributed by atoms with Gasteiger partial charge in [-0.15, -0.1) is 0 Å². The molecule has 1 N–H and O–H groups in total. The quantitative estimate of drug-likeness (QED) is 0.692. The summed E-state index contributed by atoms with van der Waals surface area (Å²) in [5.74, 6) is 0.970. The molecule has 1 atom stereocenters. The third kappa shape index (κ3) is 5.63. The molecule has 0 radical (unpaired) electrons. The third-order valence-electron chi connectivity index (χ3n) is 4.28. The highest BCUT2D eigenvalue weighted by atomic mass is 32.2. The summed E-state index contributed by atoms with van der Waals surface area (Å²) in [6, 6.07) is 14.0. The van der Waals surface area contributed by atoms with Crippen molar-refractivity contribution < 1.29 is 22.7 Å². The summed E-state index contributed by atoms with van der Waals surface area (Å²) in [6.07, 6.45) is 0.965. The first-order valence-electron chi connectivity index (χ1n) is 8.86. The first-order chi connectivity index (χ1) is 13.3. The molecule has 0 unspecified atom stereocenters. The summed E-state index contributed by atoms with van der Waals surface area (Å²) in [4.78, 5) is 12.5. The minimum Gasteiger partial charge on any atom is -0.496 e. The van der Waals surface area contributed by atoms with Crippen molar-refractivity contribution in [3.63, 3.8) is 0 Å². The highest BCUT2D eigenvalue weighted by Gasteiger charge is 2.19. The van der Waals surface area contributed by atoms with E-state index in [0.29, 0.717) is 30.2 Å². The maximum absolute atomic E-state index is 12.5. The number of benzene rings is 2. The number of anilines is 1. The van der Waals surface area contributed by atoms with Crippen LogP contribution in [-0.2, 0) is 21.4 Å². The van der Waals surface area contributed by atoms with Gasteiger partial charge in [0.25, 0.3) is 5.91 Å². The zero-order valence-electron chi connectivity index (χ0n) is 16.5. The maximum Gasteiger partial charge on any atom is 0.261 e. The van der Waals surface area contributed by atoms with Crippen LogP contribution in [0.15, 0.2) is 48.5 Å². The molecule has 0 bridgehead atoms. The van der Waals surface area contributed by atoms with E-state index < -0.39 is 16.1 Å². The Labute approximate surface area is 166 Å². The number of ether oxygens (including phenoxy) is 2. The SMILES string of the molecule is CC[C@H](Oc1ccc(N(C)S(C)(=O)=O)cc1)C(=O)NCc1ccccc1OC. The fraction of sp³-hybridized carbons (Fsp3) is 0.350. The summed E-state index contributed by atoms with van der Waals surface area (Å²) >= 11 is 0. The molecule has 2 aromatic rings. The lowest BCUT2D eigenvalue weighted by Crippen LogP contribution is -2.37. The molecule has 8 heteroatoms. The van der Waals surface area contributed by atoms with Crippen LogP contribution >= 0.6 is 0 Å². The van der Waals surface area contributed by atoms with Gasteiger partial charge in [-0.05, 0) is 36.8 Å². The van der Waals surface area contributed by atoms with Crippen LogP contribution in [0.4, 0.5) is 5.69 Å². The fourth-order valence-corrected chi connectivity index (χ4v) is 3.06. The lowest BCUT2D eigenvalue weighted by atomic mass is 10.2. The van der Waals surface area contributed by atoms with Crippen molar-refractivity contribution in [2.75, 3.05) is 24.7 Å². The number of carbonyl (C=O) groups is 1. The zero-order valence-corrected chi connectivity index (χ0v) is 17.3. The second-order valence-electron chi connectivity index (χ2n) is 6.27.